The molecule has 0 saturated carbocycles. The Balaban J connectivity index is 1.08. The number of carbonyl (C=O) groups is 1. The predicted octanol–water partition coefficient (Wildman–Crippen LogP) is 9.71. The first-order chi connectivity index (χ1) is 26.1. The van der Waals surface area contributed by atoms with E-state index in [9.17, 15) is 13.6 Å². The first-order valence-corrected chi connectivity index (χ1v) is 18.8. The lowest BCUT2D eigenvalue weighted by Crippen LogP contribution is -2.45. The van der Waals surface area contributed by atoms with Crippen LogP contribution in [-0.4, -0.2) is 68.2 Å². The molecule has 0 aliphatic carbocycles. The first-order valence-electron chi connectivity index (χ1n) is 18.0. The molecule has 8 nitrogen and oxygen atoms in total. The van der Waals surface area contributed by atoms with Crippen LogP contribution in [0.3, 0.4) is 0 Å². The first kappa shape index (κ1) is 38.8. The Bertz CT molecular complexity index is 2100. The smallest absolute Gasteiger partial charge is 0.343 e. The lowest BCUT2D eigenvalue weighted by atomic mass is 9.84. The summed E-state index contributed by atoms with van der Waals surface area (Å²) in [5.74, 6) is -3.89. The van der Waals surface area contributed by atoms with Crippen LogP contribution in [0.4, 0.5) is 18.3 Å². The van der Waals surface area contributed by atoms with Crippen molar-refractivity contribution in [1.82, 2.24) is 4.98 Å². The van der Waals surface area contributed by atoms with Crippen LogP contribution in [0.2, 0.25) is 0 Å². The van der Waals surface area contributed by atoms with Crippen molar-refractivity contribution in [3.05, 3.63) is 107 Å². The molecule has 2 heterocycles. The molecule has 1 aliphatic rings. The number of ether oxygens (including phenoxy) is 4. The highest BCUT2D eigenvalue weighted by Gasteiger charge is 2.36. The van der Waals surface area contributed by atoms with Gasteiger partial charge in [0, 0.05) is 23.1 Å². The van der Waals surface area contributed by atoms with Gasteiger partial charge in [0.2, 0.25) is 6.34 Å². The molecule has 0 atom stereocenters. The summed E-state index contributed by atoms with van der Waals surface area (Å²) >= 11 is 1.51. The molecule has 0 amide bonds. The number of rotatable bonds is 17. The van der Waals surface area contributed by atoms with Gasteiger partial charge in [-0.15, -0.1) is 4.99 Å². The molecule has 0 unspecified atom stereocenters. The molecule has 0 spiro atoms. The van der Waals surface area contributed by atoms with Gasteiger partial charge in [0.05, 0.1) is 43.7 Å². The van der Waals surface area contributed by atoms with Crippen molar-refractivity contribution < 1.29 is 41.5 Å². The van der Waals surface area contributed by atoms with Gasteiger partial charge in [-0.25, -0.2) is 22.5 Å². The van der Waals surface area contributed by atoms with Crippen LogP contribution in [0.15, 0.2) is 77.8 Å². The van der Waals surface area contributed by atoms with Gasteiger partial charge in [0.25, 0.3) is 0 Å². The number of aryl methyl sites for hydroxylation is 1. The summed E-state index contributed by atoms with van der Waals surface area (Å²) in [5, 5.41) is 0.730. The quantitative estimate of drug-likeness (QED) is 0.0235. The molecule has 4 aromatic carbocycles. The van der Waals surface area contributed by atoms with Gasteiger partial charge in [0.1, 0.15) is 17.8 Å². The number of halogens is 3. The van der Waals surface area contributed by atoms with E-state index in [2.05, 4.69) is 16.9 Å². The molecule has 0 N–H and O–H groups in total. The number of aromatic nitrogens is 1. The van der Waals surface area contributed by atoms with Crippen molar-refractivity contribution >= 4 is 45.2 Å². The van der Waals surface area contributed by atoms with Crippen LogP contribution >= 0.6 is 11.3 Å². The van der Waals surface area contributed by atoms with E-state index in [-0.39, 0.29) is 23.3 Å². The maximum absolute atomic E-state index is 15.1. The van der Waals surface area contributed by atoms with Gasteiger partial charge in [-0.05, 0) is 92.3 Å². The van der Waals surface area contributed by atoms with Gasteiger partial charge >= 0.3 is 11.1 Å². The SMILES string of the molecule is CCC1(COCCCCCCOc2c(F)cc(C(=O)Oc3ccc(-c4ccc(C)cc4F)c(C=N/C=[N+](\C)c4nc5ccccc5s4)c3)cc2F)COC1. The topological polar surface area (TPSA) is 82.3 Å². The minimum Gasteiger partial charge on any atom is -0.488 e. The lowest BCUT2D eigenvalue weighted by Gasteiger charge is -2.40. The van der Waals surface area contributed by atoms with E-state index in [4.69, 9.17) is 18.9 Å². The van der Waals surface area contributed by atoms with Crippen molar-refractivity contribution in [3.8, 4) is 22.6 Å². The number of carbonyl (C=O) groups excluding carboxylic acids is 1. The summed E-state index contributed by atoms with van der Waals surface area (Å²) < 4.78 is 70.0. The van der Waals surface area contributed by atoms with Crippen LogP contribution in [-0.2, 0) is 9.47 Å². The molecule has 0 bridgehead atoms. The second-order valence-corrected chi connectivity index (χ2v) is 14.5. The van der Waals surface area contributed by atoms with Gasteiger partial charge in [-0.2, -0.15) is 0 Å². The number of esters is 1. The fourth-order valence-corrected chi connectivity index (χ4v) is 6.85. The molecule has 1 saturated heterocycles. The second-order valence-electron chi connectivity index (χ2n) is 13.5. The Kier molecular flexibility index (Phi) is 12.9. The van der Waals surface area contributed by atoms with E-state index >= 15 is 4.39 Å². The molecular formula is C42H43F3N3O5S+. The second kappa shape index (κ2) is 17.9. The molecule has 12 heteroatoms. The molecule has 1 aliphatic heterocycles. The summed E-state index contributed by atoms with van der Waals surface area (Å²) in [6, 6.07) is 19.1. The number of hydrogen-bond donors (Lipinski definition) is 0. The number of aliphatic imine (C=N–C) groups is 1. The van der Waals surface area contributed by atoms with E-state index in [1.807, 2.05) is 31.3 Å². The minimum atomic E-state index is -1.01. The third-order valence-corrected chi connectivity index (χ3v) is 10.5. The number of para-hydroxylation sites is 1. The monoisotopic (exact) mass is 758 g/mol. The molecule has 6 rings (SSSR count). The van der Waals surface area contributed by atoms with Crippen LogP contribution in [0, 0.1) is 29.8 Å². The number of thiazole rings is 1. The number of nitrogens with zero attached hydrogens (tertiary/aromatic N) is 3. The summed E-state index contributed by atoms with van der Waals surface area (Å²) in [5.41, 5.74) is 2.75. The molecule has 54 heavy (non-hydrogen) atoms. The van der Waals surface area contributed by atoms with Gasteiger partial charge in [0.15, 0.2) is 22.9 Å². The zero-order chi connectivity index (χ0) is 38.1. The zero-order valence-corrected chi connectivity index (χ0v) is 31.4. The van der Waals surface area contributed by atoms with E-state index in [1.165, 1.54) is 35.8 Å². The Morgan fingerprint density at radius 3 is 2.39 bits per heavy atom. The van der Waals surface area contributed by atoms with Crippen molar-refractivity contribution in [1.29, 1.82) is 0 Å². The normalized spacial score (nSPS) is 14.1. The third kappa shape index (κ3) is 9.60. The van der Waals surface area contributed by atoms with Crippen molar-refractivity contribution in [2.75, 3.05) is 40.1 Å². The van der Waals surface area contributed by atoms with Crippen molar-refractivity contribution in [3.63, 3.8) is 0 Å². The molecule has 1 fully saturated rings. The highest BCUT2D eigenvalue weighted by molar-refractivity contribution is 7.21. The number of benzene rings is 4. The molecule has 1 aromatic heterocycles. The van der Waals surface area contributed by atoms with Crippen molar-refractivity contribution in [2.24, 2.45) is 10.4 Å². The highest BCUT2D eigenvalue weighted by atomic mass is 32.1. The lowest BCUT2D eigenvalue weighted by molar-refractivity contribution is -0.399. The summed E-state index contributed by atoms with van der Waals surface area (Å²) in [4.78, 5) is 22.2. The average Bonchev–Trinajstić information content (AvgIpc) is 3.58. The maximum Gasteiger partial charge on any atom is 0.343 e. The summed E-state index contributed by atoms with van der Waals surface area (Å²) in [6.07, 6.45) is 7.35. The molecule has 0 radical (unpaired) electrons. The Morgan fingerprint density at radius 1 is 0.944 bits per heavy atom. The highest BCUT2D eigenvalue weighted by Crippen LogP contribution is 2.32. The van der Waals surface area contributed by atoms with E-state index in [0.717, 1.165) is 71.9 Å². The molecule has 5 aromatic rings. The van der Waals surface area contributed by atoms with Crippen LogP contribution in [0.1, 0.15) is 60.5 Å². The standard InChI is InChI=1S/C42H43F3N3O5S/c1-4-42(25-51-26-42)24-50-17-9-5-6-10-18-52-39-35(44)21-29(22-36(39)45)40(49)53-31-14-16-32(33-15-13-28(2)19-34(33)43)30(20-31)23-46-27-48(3)41-47-37-11-7-8-12-38(37)54-41/h7-8,11-16,19-23,27H,4-6,9-10,17-18,24-26H2,1-3H3/q+1. The average molecular weight is 759 g/mol. The van der Waals surface area contributed by atoms with Crippen molar-refractivity contribution in [2.45, 2.75) is 46.0 Å². The van der Waals surface area contributed by atoms with E-state index < -0.39 is 29.2 Å². The Hall–Kier alpha value is -4.91. The summed E-state index contributed by atoms with van der Waals surface area (Å²) in [7, 11) is 1.81. The molecule has 282 valence electrons. The minimum absolute atomic E-state index is 0.0747. The largest absolute Gasteiger partial charge is 0.488 e. The number of hydrogen-bond acceptors (Lipinski definition) is 7. The van der Waals surface area contributed by atoms with Crippen LogP contribution < -0.4 is 9.47 Å². The predicted molar refractivity (Wildman–Crippen MR) is 205 cm³/mol. The zero-order valence-electron chi connectivity index (χ0n) is 30.6. The van der Waals surface area contributed by atoms with Crippen LogP contribution in [0.5, 0.6) is 11.5 Å². The van der Waals surface area contributed by atoms with Gasteiger partial charge in [-0.3, -0.25) is 0 Å². The van der Waals surface area contributed by atoms with E-state index in [0.29, 0.717) is 36.3 Å². The third-order valence-electron chi connectivity index (χ3n) is 9.32. The fraction of sp³-hybridized carbons (Fsp3) is 0.333. The Morgan fingerprint density at radius 2 is 1.69 bits per heavy atom. The van der Waals surface area contributed by atoms with Crippen LogP contribution in [0.25, 0.3) is 21.3 Å². The number of unbranched alkanes of at least 4 members (excludes halogenated alkanes) is 3. The van der Waals surface area contributed by atoms with Gasteiger partial charge in [-0.1, -0.05) is 53.9 Å². The Labute approximate surface area is 316 Å². The van der Waals surface area contributed by atoms with E-state index in [1.54, 1.807) is 36.0 Å². The number of fused-ring (bicyclic) bond motifs is 1. The summed E-state index contributed by atoms with van der Waals surface area (Å²) in [6.45, 7) is 6.94. The van der Waals surface area contributed by atoms with Gasteiger partial charge < -0.3 is 18.9 Å². The fourth-order valence-electron chi connectivity index (χ4n) is 5.95. The molecular weight excluding hydrogens is 716 g/mol. The maximum atomic E-state index is 15.1.